The number of methoxy groups -OCH3 is 1. The van der Waals surface area contributed by atoms with Crippen molar-refractivity contribution in [3.63, 3.8) is 0 Å². The molecule has 1 unspecified atom stereocenters. The Morgan fingerprint density at radius 2 is 2.37 bits per heavy atom. The number of aromatic nitrogens is 1. The van der Waals surface area contributed by atoms with E-state index in [4.69, 9.17) is 9.84 Å². The zero-order valence-electron chi connectivity index (χ0n) is 10.6. The molecule has 0 radical (unpaired) electrons. The van der Waals surface area contributed by atoms with Crippen molar-refractivity contribution in [3.8, 4) is 0 Å². The Morgan fingerprint density at radius 3 is 2.95 bits per heavy atom. The van der Waals surface area contributed by atoms with Crippen molar-refractivity contribution in [2.24, 2.45) is 0 Å². The molecule has 1 heterocycles. The molecule has 102 valence electrons. The van der Waals surface area contributed by atoms with Crippen molar-refractivity contribution in [2.75, 3.05) is 13.7 Å². The van der Waals surface area contributed by atoms with Crippen LogP contribution in [-0.2, 0) is 14.3 Å². The Labute approximate surface area is 111 Å². The van der Waals surface area contributed by atoms with Crippen molar-refractivity contribution in [1.29, 1.82) is 0 Å². The molecule has 1 amide bonds. The van der Waals surface area contributed by atoms with E-state index in [9.17, 15) is 9.59 Å². The molecule has 0 saturated heterocycles. The number of hydrogen-bond donors (Lipinski definition) is 2. The molecule has 0 saturated carbocycles. The minimum atomic E-state index is -1.08. The van der Waals surface area contributed by atoms with Crippen LogP contribution in [-0.4, -0.2) is 41.7 Å². The topological polar surface area (TPSA) is 88.5 Å². The molecule has 1 atom stereocenters. The summed E-state index contributed by atoms with van der Waals surface area (Å²) in [4.78, 5) is 26.4. The molecule has 0 fully saturated rings. The Kier molecular flexibility index (Phi) is 6.25. The van der Waals surface area contributed by atoms with E-state index in [1.54, 1.807) is 30.6 Å². The third kappa shape index (κ3) is 5.78. The van der Waals surface area contributed by atoms with Gasteiger partial charge < -0.3 is 15.2 Å². The Morgan fingerprint density at radius 1 is 1.58 bits per heavy atom. The van der Waals surface area contributed by atoms with Gasteiger partial charge in [0.15, 0.2) is 0 Å². The SMILES string of the molecule is COCCC(NC(=O)C=Cc1cccnc1)C(=O)O. The second kappa shape index (κ2) is 7.99. The van der Waals surface area contributed by atoms with Crippen molar-refractivity contribution >= 4 is 18.0 Å². The van der Waals surface area contributed by atoms with Crippen molar-refractivity contribution < 1.29 is 19.4 Å². The van der Waals surface area contributed by atoms with E-state index in [-0.39, 0.29) is 13.0 Å². The summed E-state index contributed by atoms with van der Waals surface area (Å²) in [5.74, 6) is -1.55. The number of nitrogens with one attached hydrogen (secondary N) is 1. The highest BCUT2D eigenvalue weighted by molar-refractivity contribution is 5.94. The molecule has 0 aliphatic rings. The Bertz CT molecular complexity index is 445. The number of carboxylic acids is 1. The van der Waals surface area contributed by atoms with E-state index in [0.29, 0.717) is 0 Å². The summed E-state index contributed by atoms with van der Waals surface area (Å²) in [5.41, 5.74) is 0.765. The predicted molar refractivity (Wildman–Crippen MR) is 69.3 cm³/mol. The first-order valence-corrected chi connectivity index (χ1v) is 5.74. The summed E-state index contributed by atoms with van der Waals surface area (Å²) in [6, 6.07) is 2.58. The maximum absolute atomic E-state index is 11.6. The van der Waals surface area contributed by atoms with Crippen LogP contribution in [0, 0.1) is 0 Å². The van der Waals surface area contributed by atoms with Crippen molar-refractivity contribution in [2.45, 2.75) is 12.5 Å². The molecule has 19 heavy (non-hydrogen) atoms. The largest absolute Gasteiger partial charge is 0.480 e. The second-order valence-corrected chi connectivity index (χ2v) is 3.80. The van der Waals surface area contributed by atoms with Gasteiger partial charge in [-0.15, -0.1) is 0 Å². The molecule has 2 N–H and O–H groups in total. The van der Waals surface area contributed by atoms with E-state index < -0.39 is 17.9 Å². The second-order valence-electron chi connectivity index (χ2n) is 3.80. The van der Waals surface area contributed by atoms with E-state index in [1.807, 2.05) is 0 Å². The van der Waals surface area contributed by atoms with Gasteiger partial charge in [0.1, 0.15) is 6.04 Å². The molecule has 6 nitrogen and oxygen atoms in total. The highest BCUT2D eigenvalue weighted by atomic mass is 16.5. The van der Waals surface area contributed by atoms with Crippen LogP contribution < -0.4 is 5.32 Å². The lowest BCUT2D eigenvalue weighted by Gasteiger charge is -2.12. The van der Waals surface area contributed by atoms with Crippen LogP contribution in [0.1, 0.15) is 12.0 Å². The van der Waals surface area contributed by atoms with Crippen LogP contribution in [0.3, 0.4) is 0 Å². The van der Waals surface area contributed by atoms with E-state index in [2.05, 4.69) is 10.3 Å². The van der Waals surface area contributed by atoms with E-state index in [1.165, 1.54) is 13.2 Å². The number of carboxylic acid groups (broad SMARTS) is 1. The highest BCUT2D eigenvalue weighted by Gasteiger charge is 2.18. The smallest absolute Gasteiger partial charge is 0.326 e. The van der Waals surface area contributed by atoms with Crippen LogP contribution >= 0.6 is 0 Å². The lowest BCUT2D eigenvalue weighted by Crippen LogP contribution is -2.40. The van der Waals surface area contributed by atoms with Crippen LogP contribution in [0.15, 0.2) is 30.6 Å². The van der Waals surface area contributed by atoms with Crippen LogP contribution in [0.2, 0.25) is 0 Å². The van der Waals surface area contributed by atoms with E-state index in [0.717, 1.165) is 5.56 Å². The number of amides is 1. The summed E-state index contributed by atoms with van der Waals surface area (Å²) in [6.45, 7) is 0.267. The monoisotopic (exact) mass is 264 g/mol. The summed E-state index contributed by atoms with van der Waals surface area (Å²) < 4.78 is 4.79. The third-order valence-corrected chi connectivity index (χ3v) is 2.34. The van der Waals surface area contributed by atoms with Crippen LogP contribution in [0.5, 0.6) is 0 Å². The fourth-order valence-corrected chi connectivity index (χ4v) is 1.36. The normalized spacial score (nSPS) is 12.3. The van der Waals surface area contributed by atoms with Gasteiger partial charge in [-0.3, -0.25) is 9.78 Å². The number of carbonyl (C=O) groups excluding carboxylic acids is 1. The predicted octanol–water partition coefficient (Wildman–Crippen LogP) is 0.701. The molecule has 0 aliphatic carbocycles. The van der Waals surface area contributed by atoms with E-state index >= 15 is 0 Å². The van der Waals surface area contributed by atoms with Crippen molar-refractivity contribution in [1.82, 2.24) is 10.3 Å². The Hall–Kier alpha value is -2.21. The summed E-state index contributed by atoms with van der Waals surface area (Å²) in [6.07, 6.45) is 6.29. The van der Waals surface area contributed by atoms with Gasteiger partial charge in [0, 0.05) is 38.6 Å². The maximum atomic E-state index is 11.6. The number of carbonyl (C=O) groups is 2. The number of aliphatic carboxylic acids is 1. The van der Waals surface area contributed by atoms with Gasteiger partial charge in [0.25, 0.3) is 0 Å². The van der Waals surface area contributed by atoms with Gasteiger partial charge in [-0.1, -0.05) is 6.07 Å². The molecule has 0 bridgehead atoms. The lowest BCUT2D eigenvalue weighted by molar-refractivity contribution is -0.141. The van der Waals surface area contributed by atoms with Gasteiger partial charge in [-0.2, -0.15) is 0 Å². The summed E-state index contributed by atoms with van der Waals surface area (Å²) in [7, 11) is 1.48. The molecular formula is C13H16N2O4. The first-order chi connectivity index (χ1) is 9.13. The zero-order valence-corrected chi connectivity index (χ0v) is 10.6. The fourth-order valence-electron chi connectivity index (χ4n) is 1.36. The third-order valence-electron chi connectivity index (χ3n) is 2.34. The molecule has 0 aliphatic heterocycles. The molecule has 0 aromatic carbocycles. The van der Waals surface area contributed by atoms with Gasteiger partial charge in [-0.25, -0.2) is 4.79 Å². The minimum Gasteiger partial charge on any atom is -0.480 e. The Balaban J connectivity index is 2.53. The summed E-state index contributed by atoms with van der Waals surface area (Å²) >= 11 is 0. The number of pyridine rings is 1. The highest BCUT2D eigenvalue weighted by Crippen LogP contribution is 1.99. The summed E-state index contributed by atoms with van der Waals surface area (Å²) in [5, 5.41) is 11.3. The fraction of sp³-hybridized carbons (Fsp3) is 0.308. The number of rotatable bonds is 7. The first kappa shape index (κ1) is 14.8. The van der Waals surface area contributed by atoms with Gasteiger partial charge in [0.2, 0.25) is 5.91 Å². The molecule has 0 spiro atoms. The lowest BCUT2D eigenvalue weighted by atomic mass is 10.2. The minimum absolute atomic E-state index is 0.221. The van der Waals surface area contributed by atoms with Crippen LogP contribution in [0.25, 0.3) is 6.08 Å². The molecular weight excluding hydrogens is 248 g/mol. The van der Waals surface area contributed by atoms with Crippen molar-refractivity contribution in [3.05, 3.63) is 36.2 Å². The molecule has 1 rings (SSSR count). The maximum Gasteiger partial charge on any atom is 0.326 e. The average Bonchev–Trinajstić information content (AvgIpc) is 2.42. The standard InChI is InChI=1S/C13H16N2O4/c1-19-8-6-11(13(17)18)15-12(16)5-4-10-3-2-7-14-9-10/h2-5,7,9,11H,6,8H2,1H3,(H,15,16)(H,17,18). The quantitative estimate of drug-likeness (QED) is 0.708. The first-order valence-electron chi connectivity index (χ1n) is 5.74. The molecule has 1 aromatic heterocycles. The zero-order chi connectivity index (χ0) is 14.1. The number of hydrogen-bond acceptors (Lipinski definition) is 4. The molecule has 1 aromatic rings. The average molecular weight is 264 g/mol. The van der Waals surface area contributed by atoms with Gasteiger partial charge in [-0.05, 0) is 17.7 Å². The van der Waals surface area contributed by atoms with Gasteiger partial charge >= 0.3 is 5.97 Å². The number of nitrogens with zero attached hydrogens (tertiary/aromatic N) is 1. The van der Waals surface area contributed by atoms with Gasteiger partial charge in [0.05, 0.1) is 0 Å². The molecule has 6 heteroatoms. The van der Waals surface area contributed by atoms with Crippen LogP contribution in [0.4, 0.5) is 0 Å². The number of ether oxygens (including phenoxy) is 1.